The fraction of sp³-hybridized carbons (Fsp3) is 0.471. The van der Waals surface area contributed by atoms with Gasteiger partial charge in [0.1, 0.15) is 6.61 Å². The number of hydrogen-bond donors (Lipinski definition) is 2. The normalized spacial score (nSPS) is 14.1. The van der Waals surface area contributed by atoms with Crippen molar-refractivity contribution in [3.05, 3.63) is 34.9 Å². The number of carbonyl (C=O) groups is 1. The zero-order valence-corrected chi connectivity index (χ0v) is 11.9. The summed E-state index contributed by atoms with van der Waals surface area (Å²) >= 11 is 0. The van der Waals surface area contributed by atoms with Gasteiger partial charge >= 0.3 is 0 Å². The molecule has 1 fully saturated rings. The molecule has 0 aromatic heterocycles. The SMILES string of the molecule is Cc1c(C#CCO)cccc1C(=O)NCCC1CCC1. The molecule has 0 atom stereocenters. The molecule has 1 aromatic carbocycles. The summed E-state index contributed by atoms with van der Waals surface area (Å²) in [6.45, 7) is 2.47. The van der Waals surface area contributed by atoms with Gasteiger partial charge < -0.3 is 10.4 Å². The molecule has 0 saturated heterocycles. The lowest BCUT2D eigenvalue weighted by atomic mass is 9.83. The van der Waals surface area contributed by atoms with Gasteiger partial charge in [0, 0.05) is 17.7 Å². The van der Waals surface area contributed by atoms with Gasteiger partial charge in [-0.3, -0.25) is 4.79 Å². The van der Waals surface area contributed by atoms with Crippen molar-refractivity contribution in [1.29, 1.82) is 0 Å². The topological polar surface area (TPSA) is 49.3 Å². The Morgan fingerprint density at radius 2 is 2.25 bits per heavy atom. The zero-order valence-electron chi connectivity index (χ0n) is 11.9. The average molecular weight is 271 g/mol. The standard InChI is InChI=1S/C17H21NO2/c1-13-15(8-4-12-19)7-3-9-16(13)17(20)18-11-10-14-5-2-6-14/h3,7,9,14,19H,2,5-6,10-12H2,1H3,(H,18,20). The highest BCUT2D eigenvalue weighted by atomic mass is 16.2. The van der Waals surface area contributed by atoms with Crippen molar-refractivity contribution < 1.29 is 9.90 Å². The quantitative estimate of drug-likeness (QED) is 0.825. The van der Waals surface area contributed by atoms with Gasteiger partial charge in [-0.05, 0) is 37.0 Å². The lowest BCUT2D eigenvalue weighted by Gasteiger charge is -2.25. The van der Waals surface area contributed by atoms with Gasteiger partial charge in [0.2, 0.25) is 0 Å². The van der Waals surface area contributed by atoms with E-state index in [4.69, 9.17) is 5.11 Å². The van der Waals surface area contributed by atoms with Crippen molar-refractivity contribution in [1.82, 2.24) is 5.32 Å². The number of aliphatic hydroxyl groups is 1. The van der Waals surface area contributed by atoms with Gasteiger partial charge in [-0.25, -0.2) is 0 Å². The van der Waals surface area contributed by atoms with Crippen LogP contribution in [0, 0.1) is 24.7 Å². The third-order valence-electron chi connectivity index (χ3n) is 3.94. The highest BCUT2D eigenvalue weighted by molar-refractivity contribution is 5.96. The molecule has 3 nitrogen and oxygen atoms in total. The molecular formula is C17H21NO2. The molecule has 0 heterocycles. The average Bonchev–Trinajstić information content (AvgIpc) is 2.40. The van der Waals surface area contributed by atoms with E-state index in [9.17, 15) is 4.79 Å². The summed E-state index contributed by atoms with van der Waals surface area (Å²) in [5, 5.41) is 11.7. The highest BCUT2D eigenvalue weighted by Crippen LogP contribution is 2.28. The molecule has 1 amide bonds. The van der Waals surface area contributed by atoms with Crippen molar-refractivity contribution in [3.8, 4) is 11.8 Å². The van der Waals surface area contributed by atoms with Crippen LogP contribution in [0.4, 0.5) is 0 Å². The van der Waals surface area contributed by atoms with E-state index in [2.05, 4.69) is 17.2 Å². The summed E-state index contributed by atoms with van der Waals surface area (Å²) in [6.07, 6.45) is 5.03. The van der Waals surface area contributed by atoms with Crippen molar-refractivity contribution in [2.45, 2.75) is 32.6 Å². The van der Waals surface area contributed by atoms with Gasteiger partial charge in [-0.1, -0.05) is 37.2 Å². The monoisotopic (exact) mass is 271 g/mol. The van der Waals surface area contributed by atoms with Crippen LogP contribution in [-0.4, -0.2) is 24.2 Å². The largest absolute Gasteiger partial charge is 0.384 e. The predicted molar refractivity (Wildman–Crippen MR) is 79.4 cm³/mol. The van der Waals surface area contributed by atoms with Crippen molar-refractivity contribution in [2.75, 3.05) is 13.2 Å². The van der Waals surface area contributed by atoms with E-state index in [0.717, 1.165) is 30.0 Å². The van der Waals surface area contributed by atoms with E-state index in [0.29, 0.717) is 5.56 Å². The lowest BCUT2D eigenvalue weighted by Crippen LogP contribution is -2.28. The maximum Gasteiger partial charge on any atom is 0.251 e. The Hall–Kier alpha value is -1.79. The smallest absolute Gasteiger partial charge is 0.251 e. The number of rotatable bonds is 4. The van der Waals surface area contributed by atoms with Crippen LogP contribution < -0.4 is 5.32 Å². The first-order chi connectivity index (χ1) is 9.72. The molecule has 0 unspecified atom stereocenters. The van der Waals surface area contributed by atoms with Crippen molar-refractivity contribution >= 4 is 5.91 Å². The molecule has 1 aliphatic rings. The number of benzene rings is 1. The van der Waals surface area contributed by atoms with Gasteiger partial charge in [-0.15, -0.1) is 0 Å². The molecule has 3 heteroatoms. The molecule has 0 radical (unpaired) electrons. The Labute approximate surface area is 120 Å². The first-order valence-corrected chi connectivity index (χ1v) is 7.20. The van der Waals surface area contributed by atoms with E-state index in [-0.39, 0.29) is 12.5 Å². The second kappa shape index (κ2) is 7.12. The maximum absolute atomic E-state index is 12.2. The van der Waals surface area contributed by atoms with Crippen LogP contribution in [0.25, 0.3) is 0 Å². The second-order valence-electron chi connectivity index (χ2n) is 5.28. The minimum absolute atomic E-state index is 0.0329. The van der Waals surface area contributed by atoms with Crippen molar-refractivity contribution in [2.24, 2.45) is 5.92 Å². The molecule has 0 spiro atoms. The fourth-order valence-corrected chi connectivity index (χ4v) is 2.42. The van der Waals surface area contributed by atoms with Gasteiger partial charge in [0.25, 0.3) is 5.91 Å². The summed E-state index contributed by atoms with van der Waals surface area (Å²) in [4.78, 5) is 12.2. The number of aliphatic hydroxyl groups excluding tert-OH is 1. The molecular weight excluding hydrogens is 250 g/mol. The Balaban J connectivity index is 1.97. The first-order valence-electron chi connectivity index (χ1n) is 7.20. The number of nitrogens with one attached hydrogen (secondary N) is 1. The highest BCUT2D eigenvalue weighted by Gasteiger charge is 2.17. The summed E-state index contributed by atoms with van der Waals surface area (Å²) in [5.74, 6) is 6.26. The van der Waals surface area contributed by atoms with E-state index in [1.807, 2.05) is 25.1 Å². The van der Waals surface area contributed by atoms with E-state index in [1.54, 1.807) is 0 Å². The molecule has 1 aliphatic carbocycles. The summed E-state index contributed by atoms with van der Waals surface area (Å²) in [5.41, 5.74) is 2.34. The fourth-order valence-electron chi connectivity index (χ4n) is 2.42. The first kappa shape index (κ1) is 14.6. The predicted octanol–water partition coefficient (Wildman–Crippen LogP) is 2.26. The Morgan fingerprint density at radius 1 is 1.45 bits per heavy atom. The summed E-state index contributed by atoms with van der Waals surface area (Å²) in [7, 11) is 0. The van der Waals surface area contributed by atoms with E-state index >= 15 is 0 Å². The zero-order chi connectivity index (χ0) is 14.4. The molecule has 1 aromatic rings. The second-order valence-corrected chi connectivity index (χ2v) is 5.28. The van der Waals surface area contributed by atoms with Crippen molar-refractivity contribution in [3.63, 3.8) is 0 Å². The van der Waals surface area contributed by atoms with Gasteiger partial charge in [0.15, 0.2) is 0 Å². The third kappa shape index (κ3) is 3.61. The molecule has 2 N–H and O–H groups in total. The van der Waals surface area contributed by atoms with Crippen LogP contribution in [0.2, 0.25) is 0 Å². The van der Waals surface area contributed by atoms with Gasteiger partial charge in [-0.2, -0.15) is 0 Å². The minimum Gasteiger partial charge on any atom is -0.384 e. The number of hydrogen-bond acceptors (Lipinski definition) is 2. The molecule has 0 bridgehead atoms. The van der Waals surface area contributed by atoms with E-state index < -0.39 is 0 Å². The summed E-state index contributed by atoms with van der Waals surface area (Å²) < 4.78 is 0. The molecule has 106 valence electrons. The molecule has 2 rings (SSSR count). The molecule has 0 aliphatic heterocycles. The Kier molecular flexibility index (Phi) is 5.20. The van der Waals surface area contributed by atoms with Crippen LogP contribution in [0.15, 0.2) is 18.2 Å². The number of carbonyl (C=O) groups excluding carboxylic acids is 1. The molecule has 1 saturated carbocycles. The van der Waals surface area contributed by atoms with Gasteiger partial charge in [0.05, 0.1) is 0 Å². The Morgan fingerprint density at radius 3 is 2.90 bits per heavy atom. The van der Waals surface area contributed by atoms with E-state index in [1.165, 1.54) is 19.3 Å². The lowest BCUT2D eigenvalue weighted by molar-refractivity contribution is 0.0948. The maximum atomic E-state index is 12.2. The van der Waals surface area contributed by atoms with Crippen LogP contribution in [-0.2, 0) is 0 Å². The van der Waals surface area contributed by atoms with Crippen LogP contribution in [0.5, 0.6) is 0 Å². The summed E-state index contributed by atoms with van der Waals surface area (Å²) in [6, 6.07) is 5.51. The number of amides is 1. The Bertz CT molecular complexity index is 536. The third-order valence-corrected chi connectivity index (χ3v) is 3.94. The van der Waals surface area contributed by atoms with Crippen LogP contribution in [0.3, 0.4) is 0 Å². The van der Waals surface area contributed by atoms with Crippen LogP contribution >= 0.6 is 0 Å². The van der Waals surface area contributed by atoms with Crippen LogP contribution in [0.1, 0.15) is 47.2 Å². The minimum atomic E-state index is -0.169. The molecule has 20 heavy (non-hydrogen) atoms.